The van der Waals surface area contributed by atoms with Crippen LogP contribution in [0.3, 0.4) is 0 Å². The van der Waals surface area contributed by atoms with Crippen LogP contribution in [0.4, 0.5) is 5.69 Å². The van der Waals surface area contributed by atoms with Crippen molar-refractivity contribution in [2.75, 3.05) is 12.4 Å². The standard InChI is InChI=1S/C12H9NO5/c1-17-7-2-3-8-10(4-7)18-6-9(12(8)16)13-11(15)5-14/h2-6H,1H3,(H,13,15). The molecule has 1 aromatic heterocycles. The van der Waals surface area contributed by atoms with Gasteiger partial charge in [0.15, 0.2) is 0 Å². The Labute approximate surface area is 101 Å². The van der Waals surface area contributed by atoms with Crippen LogP contribution in [0, 0.1) is 0 Å². The Hall–Kier alpha value is -2.63. The van der Waals surface area contributed by atoms with Crippen LogP contribution in [-0.4, -0.2) is 19.3 Å². The molecule has 0 saturated carbocycles. The molecule has 0 atom stereocenters. The first kappa shape index (κ1) is 11.8. The van der Waals surface area contributed by atoms with E-state index in [0.29, 0.717) is 16.7 Å². The monoisotopic (exact) mass is 247 g/mol. The fourth-order valence-electron chi connectivity index (χ4n) is 1.48. The van der Waals surface area contributed by atoms with Crippen molar-refractivity contribution in [1.29, 1.82) is 0 Å². The Balaban J connectivity index is 2.54. The van der Waals surface area contributed by atoms with Crippen LogP contribution in [-0.2, 0) is 9.59 Å². The molecule has 0 aliphatic carbocycles. The summed E-state index contributed by atoms with van der Waals surface area (Å²) in [4.78, 5) is 33.0. The predicted molar refractivity (Wildman–Crippen MR) is 63.7 cm³/mol. The van der Waals surface area contributed by atoms with Crippen LogP contribution in [0.15, 0.2) is 33.7 Å². The summed E-state index contributed by atoms with van der Waals surface area (Å²) < 4.78 is 10.2. The van der Waals surface area contributed by atoms with Crippen molar-refractivity contribution in [1.82, 2.24) is 0 Å². The molecule has 2 rings (SSSR count). The molecule has 1 aromatic carbocycles. The Morgan fingerprint density at radius 1 is 1.44 bits per heavy atom. The predicted octanol–water partition coefficient (Wildman–Crippen LogP) is 0.939. The molecule has 1 heterocycles. The number of rotatable bonds is 3. The number of amides is 1. The summed E-state index contributed by atoms with van der Waals surface area (Å²) in [7, 11) is 1.50. The summed E-state index contributed by atoms with van der Waals surface area (Å²) in [5, 5.41) is 2.43. The van der Waals surface area contributed by atoms with Crippen LogP contribution in [0.25, 0.3) is 11.0 Å². The van der Waals surface area contributed by atoms with Gasteiger partial charge in [-0.05, 0) is 12.1 Å². The minimum absolute atomic E-state index is 0.0789. The molecule has 92 valence electrons. The minimum Gasteiger partial charge on any atom is -0.497 e. The van der Waals surface area contributed by atoms with E-state index < -0.39 is 11.3 Å². The second-order valence-corrected chi connectivity index (χ2v) is 3.45. The van der Waals surface area contributed by atoms with E-state index in [-0.39, 0.29) is 12.0 Å². The minimum atomic E-state index is -0.907. The van der Waals surface area contributed by atoms with Crippen molar-refractivity contribution in [3.8, 4) is 5.75 Å². The molecule has 0 saturated heterocycles. The maximum Gasteiger partial charge on any atom is 0.288 e. The van der Waals surface area contributed by atoms with E-state index in [0.717, 1.165) is 6.26 Å². The fraction of sp³-hybridized carbons (Fsp3) is 0.0833. The van der Waals surface area contributed by atoms with E-state index in [1.54, 1.807) is 12.1 Å². The average molecular weight is 247 g/mol. The molecule has 6 heteroatoms. The summed E-state index contributed by atoms with van der Waals surface area (Å²) in [6, 6.07) is 4.68. The molecule has 0 bridgehead atoms. The Kier molecular flexibility index (Phi) is 3.09. The lowest BCUT2D eigenvalue weighted by atomic mass is 10.2. The van der Waals surface area contributed by atoms with Gasteiger partial charge in [0.1, 0.15) is 23.3 Å². The van der Waals surface area contributed by atoms with Crippen LogP contribution in [0.2, 0.25) is 0 Å². The van der Waals surface area contributed by atoms with Crippen molar-refractivity contribution >= 4 is 28.8 Å². The molecular weight excluding hydrogens is 238 g/mol. The highest BCUT2D eigenvalue weighted by Crippen LogP contribution is 2.19. The number of benzene rings is 1. The fourth-order valence-corrected chi connectivity index (χ4v) is 1.48. The van der Waals surface area contributed by atoms with E-state index in [1.165, 1.54) is 13.2 Å². The molecule has 0 radical (unpaired) electrons. The third kappa shape index (κ3) is 2.08. The van der Waals surface area contributed by atoms with Crippen molar-refractivity contribution in [3.63, 3.8) is 0 Å². The van der Waals surface area contributed by atoms with Gasteiger partial charge in [-0.25, -0.2) is 0 Å². The summed E-state index contributed by atoms with van der Waals surface area (Å²) >= 11 is 0. The van der Waals surface area contributed by atoms with E-state index in [2.05, 4.69) is 5.32 Å². The Bertz CT molecular complexity index is 674. The summed E-state index contributed by atoms with van der Waals surface area (Å²) in [6.07, 6.45) is 1.17. The highest BCUT2D eigenvalue weighted by Gasteiger charge is 2.09. The Morgan fingerprint density at radius 2 is 2.22 bits per heavy atom. The zero-order valence-corrected chi connectivity index (χ0v) is 9.43. The number of carbonyl (C=O) groups is 2. The lowest BCUT2D eigenvalue weighted by Crippen LogP contribution is -2.18. The second-order valence-electron chi connectivity index (χ2n) is 3.45. The van der Waals surface area contributed by atoms with Gasteiger partial charge < -0.3 is 14.5 Å². The van der Waals surface area contributed by atoms with Gasteiger partial charge in [-0.2, -0.15) is 0 Å². The zero-order chi connectivity index (χ0) is 13.1. The molecular formula is C12H9NO5. The van der Waals surface area contributed by atoms with E-state index in [4.69, 9.17) is 9.15 Å². The SMILES string of the molecule is COc1ccc2c(=O)c(NC(=O)C=O)coc2c1. The van der Waals surface area contributed by atoms with Gasteiger partial charge in [0, 0.05) is 6.07 Å². The smallest absolute Gasteiger partial charge is 0.288 e. The largest absolute Gasteiger partial charge is 0.497 e. The first-order chi connectivity index (χ1) is 8.65. The molecule has 1 N–H and O–H groups in total. The van der Waals surface area contributed by atoms with Crippen molar-refractivity contribution in [2.24, 2.45) is 0 Å². The molecule has 0 spiro atoms. The second kappa shape index (κ2) is 4.70. The van der Waals surface area contributed by atoms with Crippen LogP contribution >= 0.6 is 0 Å². The first-order valence-electron chi connectivity index (χ1n) is 5.01. The van der Waals surface area contributed by atoms with Gasteiger partial charge >= 0.3 is 0 Å². The van der Waals surface area contributed by atoms with Crippen LogP contribution < -0.4 is 15.5 Å². The number of ether oxygens (including phenoxy) is 1. The van der Waals surface area contributed by atoms with Crippen LogP contribution in [0.5, 0.6) is 5.75 Å². The van der Waals surface area contributed by atoms with Gasteiger partial charge in [0.25, 0.3) is 5.91 Å². The number of hydrogen-bond donors (Lipinski definition) is 1. The topological polar surface area (TPSA) is 85.6 Å². The number of anilines is 1. The first-order valence-corrected chi connectivity index (χ1v) is 5.01. The molecule has 0 aliphatic heterocycles. The maximum absolute atomic E-state index is 11.9. The summed E-state index contributed by atoms with van der Waals surface area (Å²) in [6.45, 7) is 0. The molecule has 18 heavy (non-hydrogen) atoms. The highest BCUT2D eigenvalue weighted by atomic mass is 16.5. The normalized spacial score (nSPS) is 10.1. The quantitative estimate of drug-likeness (QED) is 0.644. The third-order valence-corrected chi connectivity index (χ3v) is 2.35. The number of carbonyl (C=O) groups excluding carboxylic acids is 2. The number of methoxy groups -OCH3 is 1. The number of aldehydes is 1. The highest BCUT2D eigenvalue weighted by molar-refractivity contribution is 6.29. The van der Waals surface area contributed by atoms with E-state index in [9.17, 15) is 14.4 Å². The van der Waals surface area contributed by atoms with Gasteiger partial charge in [-0.1, -0.05) is 0 Å². The molecule has 0 unspecified atom stereocenters. The van der Waals surface area contributed by atoms with Gasteiger partial charge in [-0.3, -0.25) is 14.4 Å². The molecule has 1 amide bonds. The van der Waals surface area contributed by atoms with Crippen molar-refractivity contribution < 1.29 is 18.7 Å². The van der Waals surface area contributed by atoms with E-state index >= 15 is 0 Å². The van der Waals surface area contributed by atoms with Gasteiger partial charge in [0.2, 0.25) is 11.7 Å². The third-order valence-electron chi connectivity index (χ3n) is 2.35. The average Bonchev–Trinajstić information content (AvgIpc) is 2.41. The lowest BCUT2D eigenvalue weighted by Gasteiger charge is -2.03. The summed E-state index contributed by atoms with van der Waals surface area (Å²) in [5.74, 6) is -0.356. The summed E-state index contributed by atoms with van der Waals surface area (Å²) in [5.41, 5.74) is -0.165. The van der Waals surface area contributed by atoms with Crippen LogP contribution in [0.1, 0.15) is 0 Å². The number of nitrogens with one attached hydrogen (secondary N) is 1. The zero-order valence-electron chi connectivity index (χ0n) is 9.43. The molecule has 2 aromatic rings. The lowest BCUT2D eigenvalue weighted by molar-refractivity contribution is -0.127. The molecule has 0 aliphatic rings. The van der Waals surface area contributed by atoms with Gasteiger partial charge in [0.05, 0.1) is 12.5 Å². The maximum atomic E-state index is 11.9. The number of fused-ring (bicyclic) bond motifs is 1. The van der Waals surface area contributed by atoms with Crippen molar-refractivity contribution in [3.05, 3.63) is 34.7 Å². The van der Waals surface area contributed by atoms with Crippen molar-refractivity contribution in [2.45, 2.75) is 0 Å². The number of hydrogen-bond acceptors (Lipinski definition) is 5. The molecule has 0 fully saturated rings. The molecule has 6 nitrogen and oxygen atoms in total. The van der Waals surface area contributed by atoms with E-state index in [1.807, 2.05) is 0 Å². The Morgan fingerprint density at radius 3 is 2.89 bits per heavy atom. The van der Waals surface area contributed by atoms with Gasteiger partial charge in [-0.15, -0.1) is 0 Å².